The van der Waals surface area contributed by atoms with Crippen molar-refractivity contribution in [2.24, 2.45) is 4.99 Å². The number of hydrogen-bond donors (Lipinski definition) is 2. The summed E-state index contributed by atoms with van der Waals surface area (Å²) in [5.74, 6) is 0.909. The fourth-order valence-electron chi connectivity index (χ4n) is 4.57. The Balaban J connectivity index is 0.00000272. The van der Waals surface area contributed by atoms with Gasteiger partial charge in [0.25, 0.3) is 0 Å². The molecule has 2 aliphatic heterocycles. The molecular formula is C23H38ClIN6. The summed E-state index contributed by atoms with van der Waals surface area (Å²) in [7, 11) is 2.18. The van der Waals surface area contributed by atoms with Gasteiger partial charge in [-0.3, -0.25) is 0 Å². The largest absolute Gasteiger partial charge is 0.369 e. The van der Waals surface area contributed by atoms with Gasteiger partial charge in [-0.2, -0.15) is 0 Å². The molecule has 6 nitrogen and oxygen atoms in total. The van der Waals surface area contributed by atoms with Gasteiger partial charge in [0, 0.05) is 74.2 Å². The summed E-state index contributed by atoms with van der Waals surface area (Å²) in [6.45, 7) is 10.2. The smallest absolute Gasteiger partial charge is 0.191 e. The average Bonchev–Trinajstić information content (AvgIpc) is 3.59. The van der Waals surface area contributed by atoms with Gasteiger partial charge in [-0.25, -0.2) is 4.99 Å². The van der Waals surface area contributed by atoms with Crippen LogP contribution in [-0.4, -0.2) is 80.7 Å². The van der Waals surface area contributed by atoms with Gasteiger partial charge < -0.3 is 25.3 Å². The molecule has 3 fully saturated rings. The van der Waals surface area contributed by atoms with Crippen molar-refractivity contribution in [2.45, 2.75) is 51.2 Å². The fraction of sp³-hybridized carbons (Fsp3) is 0.696. The first-order valence-corrected chi connectivity index (χ1v) is 12.0. The van der Waals surface area contributed by atoms with E-state index in [-0.39, 0.29) is 24.0 Å². The Morgan fingerprint density at radius 1 is 1.06 bits per heavy atom. The number of piperidine rings is 1. The van der Waals surface area contributed by atoms with E-state index < -0.39 is 0 Å². The third-order valence-corrected chi connectivity index (χ3v) is 6.97. The summed E-state index contributed by atoms with van der Waals surface area (Å²) in [5.41, 5.74) is 2.36. The van der Waals surface area contributed by atoms with Crippen LogP contribution in [0.3, 0.4) is 0 Å². The van der Waals surface area contributed by atoms with Crippen molar-refractivity contribution < 1.29 is 0 Å². The number of nitrogens with zero attached hydrogens (tertiary/aromatic N) is 4. The number of nitrogens with one attached hydrogen (secondary N) is 2. The van der Waals surface area contributed by atoms with Crippen LogP contribution in [0, 0.1) is 0 Å². The fourth-order valence-corrected chi connectivity index (χ4v) is 4.80. The second-order valence-electron chi connectivity index (χ2n) is 8.91. The number of likely N-dealkylation sites (tertiary alicyclic amines) is 1. The lowest BCUT2D eigenvalue weighted by Crippen LogP contribution is -2.49. The van der Waals surface area contributed by atoms with Crippen LogP contribution in [0.4, 0.5) is 5.69 Å². The molecule has 3 aliphatic rings. The van der Waals surface area contributed by atoms with Crippen molar-refractivity contribution in [1.29, 1.82) is 0 Å². The van der Waals surface area contributed by atoms with Gasteiger partial charge in [-0.15, -0.1) is 24.0 Å². The normalized spacial score (nSPS) is 21.6. The summed E-state index contributed by atoms with van der Waals surface area (Å²) in [6.07, 6.45) is 5.18. The van der Waals surface area contributed by atoms with E-state index in [1.165, 1.54) is 44.5 Å². The van der Waals surface area contributed by atoms with Gasteiger partial charge in [-0.05, 0) is 51.8 Å². The average molecular weight is 561 g/mol. The highest BCUT2D eigenvalue weighted by atomic mass is 127. The molecule has 174 valence electrons. The summed E-state index contributed by atoms with van der Waals surface area (Å²) in [5, 5.41) is 7.92. The lowest BCUT2D eigenvalue weighted by atomic mass is 10.1. The van der Waals surface area contributed by atoms with Crippen molar-refractivity contribution in [1.82, 2.24) is 20.4 Å². The van der Waals surface area contributed by atoms with Crippen molar-refractivity contribution >= 4 is 47.2 Å². The first-order valence-electron chi connectivity index (χ1n) is 11.6. The van der Waals surface area contributed by atoms with Crippen LogP contribution < -0.4 is 15.5 Å². The van der Waals surface area contributed by atoms with Gasteiger partial charge in [0.15, 0.2) is 5.96 Å². The number of rotatable bonds is 6. The third-order valence-electron chi connectivity index (χ3n) is 6.61. The van der Waals surface area contributed by atoms with E-state index in [0.29, 0.717) is 12.6 Å². The Bertz CT molecular complexity index is 725. The van der Waals surface area contributed by atoms with E-state index in [2.05, 4.69) is 51.4 Å². The quantitative estimate of drug-likeness (QED) is 0.317. The maximum atomic E-state index is 6.63. The zero-order chi connectivity index (χ0) is 20.9. The summed E-state index contributed by atoms with van der Waals surface area (Å²) in [4.78, 5) is 12.4. The van der Waals surface area contributed by atoms with Crippen LogP contribution in [0.25, 0.3) is 0 Å². The van der Waals surface area contributed by atoms with Crippen LogP contribution in [0.2, 0.25) is 5.02 Å². The SMILES string of the molecule is CCNC(=NCc1c(Cl)cccc1N1CCN(C)CC1)NC1CCN(C2CC2)CC1.I. The minimum Gasteiger partial charge on any atom is -0.369 e. The Hall–Kier alpha value is -0.770. The molecule has 4 rings (SSSR count). The van der Waals surface area contributed by atoms with Crippen molar-refractivity contribution in [3.8, 4) is 0 Å². The summed E-state index contributed by atoms with van der Waals surface area (Å²) >= 11 is 6.63. The number of benzene rings is 1. The Morgan fingerprint density at radius 3 is 2.42 bits per heavy atom. The highest BCUT2D eigenvalue weighted by Gasteiger charge is 2.32. The highest BCUT2D eigenvalue weighted by Crippen LogP contribution is 2.30. The zero-order valence-corrected chi connectivity index (χ0v) is 22.0. The number of anilines is 1. The molecule has 2 heterocycles. The van der Waals surface area contributed by atoms with Crippen molar-refractivity contribution in [3.05, 3.63) is 28.8 Å². The van der Waals surface area contributed by atoms with Gasteiger partial charge in [0.1, 0.15) is 0 Å². The maximum absolute atomic E-state index is 6.63. The topological polar surface area (TPSA) is 46.1 Å². The number of hydrogen-bond acceptors (Lipinski definition) is 4. The second kappa shape index (κ2) is 11.9. The molecule has 1 saturated carbocycles. The van der Waals surface area contributed by atoms with Crippen LogP contribution in [0.15, 0.2) is 23.2 Å². The predicted octanol–water partition coefficient (Wildman–Crippen LogP) is 3.39. The molecule has 1 aliphatic carbocycles. The molecule has 0 radical (unpaired) electrons. The van der Waals surface area contributed by atoms with E-state index in [1.54, 1.807) is 0 Å². The molecule has 0 aromatic heterocycles. The molecule has 0 amide bonds. The molecule has 1 aromatic rings. The van der Waals surface area contributed by atoms with Crippen molar-refractivity contribution in [3.63, 3.8) is 0 Å². The van der Waals surface area contributed by atoms with E-state index in [9.17, 15) is 0 Å². The number of guanidine groups is 1. The molecule has 2 N–H and O–H groups in total. The monoisotopic (exact) mass is 560 g/mol. The van der Waals surface area contributed by atoms with Crippen LogP contribution in [-0.2, 0) is 6.54 Å². The zero-order valence-electron chi connectivity index (χ0n) is 18.9. The van der Waals surface area contributed by atoms with E-state index >= 15 is 0 Å². The number of likely N-dealkylation sites (N-methyl/N-ethyl adjacent to an activating group) is 1. The molecule has 1 aromatic carbocycles. The second-order valence-corrected chi connectivity index (χ2v) is 9.32. The lowest BCUT2D eigenvalue weighted by Gasteiger charge is -2.35. The maximum Gasteiger partial charge on any atom is 0.191 e. The first kappa shape index (κ1) is 24.9. The van der Waals surface area contributed by atoms with Gasteiger partial charge in [0.05, 0.1) is 6.54 Å². The number of piperazine rings is 1. The molecule has 0 spiro atoms. The van der Waals surface area contributed by atoms with Gasteiger partial charge >= 0.3 is 0 Å². The highest BCUT2D eigenvalue weighted by molar-refractivity contribution is 14.0. The van der Waals surface area contributed by atoms with E-state index in [0.717, 1.165) is 55.3 Å². The molecule has 2 saturated heterocycles. The minimum atomic E-state index is 0. The Kier molecular flexibility index (Phi) is 9.55. The Morgan fingerprint density at radius 2 is 1.77 bits per heavy atom. The van der Waals surface area contributed by atoms with E-state index in [1.807, 2.05) is 6.07 Å². The first-order chi connectivity index (χ1) is 14.6. The summed E-state index contributed by atoms with van der Waals surface area (Å²) in [6, 6.07) is 7.61. The van der Waals surface area contributed by atoms with Gasteiger partial charge in [0.2, 0.25) is 0 Å². The molecule has 31 heavy (non-hydrogen) atoms. The lowest BCUT2D eigenvalue weighted by molar-refractivity contribution is 0.197. The number of aliphatic imine (C=N–C) groups is 1. The minimum absolute atomic E-state index is 0. The number of halogens is 2. The van der Waals surface area contributed by atoms with Crippen LogP contribution in [0.5, 0.6) is 0 Å². The molecule has 0 atom stereocenters. The Labute approximate surface area is 209 Å². The molecule has 8 heteroatoms. The third kappa shape index (κ3) is 6.85. The molecular weight excluding hydrogens is 523 g/mol. The van der Waals surface area contributed by atoms with Gasteiger partial charge in [-0.1, -0.05) is 17.7 Å². The molecule has 0 bridgehead atoms. The standard InChI is InChI=1S/C23H37ClN6.HI/c1-3-25-23(27-18-9-11-29(12-10-18)19-7-8-19)26-17-20-21(24)5-4-6-22(20)30-15-13-28(2)14-16-30;/h4-6,18-19H,3,7-17H2,1-2H3,(H2,25,26,27);1H. The van der Waals surface area contributed by atoms with Crippen molar-refractivity contribution in [2.75, 3.05) is 57.8 Å². The molecule has 0 unspecified atom stereocenters. The predicted molar refractivity (Wildman–Crippen MR) is 142 cm³/mol. The van der Waals surface area contributed by atoms with Crippen LogP contribution >= 0.6 is 35.6 Å². The summed E-state index contributed by atoms with van der Waals surface area (Å²) < 4.78 is 0. The van der Waals surface area contributed by atoms with E-state index in [4.69, 9.17) is 16.6 Å². The van der Waals surface area contributed by atoms with Crippen LogP contribution in [0.1, 0.15) is 38.2 Å².